The zero-order chi connectivity index (χ0) is 19.2. The van der Waals surface area contributed by atoms with E-state index in [0.717, 1.165) is 32.6 Å². The molecule has 27 heavy (non-hydrogen) atoms. The van der Waals surface area contributed by atoms with Crippen LogP contribution in [0.1, 0.15) is 5.56 Å². The van der Waals surface area contributed by atoms with Gasteiger partial charge in [-0.2, -0.15) is 0 Å². The summed E-state index contributed by atoms with van der Waals surface area (Å²) in [4.78, 5) is 13.9. The number of hydrogen-bond donors (Lipinski definition) is 0. The van der Waals surface area contributed by atoms with E-state index in [4.69, 9.17) is 4.74 Å². The van der Waals surface area contributed by atoms with Gasteiger partial charge in [0.25, 0.3) is 0 Å². The lowest BCUT2D eigenvalue weighted by Crippen LogP contribution is -2.24. The average molecular weight is 420 g/mol. The van der Waals surface area contributed by atoms with Crippen molar-refractivity contribution >= 4 is 27.5 Å². The number of anilines is 1. The van der Waals surface area contributed by atoms with Crippen LogP contribution in [0.25, 0.3) is 11.1 Å². The minimum absolute atomic E-state index is 0.269. The van der Waals surface area contributed by atoms with Crippen LogP contribution in [-0.4, -0.2) is 20.1 Å². The summed E-state index contributed by atoms with van der Waals surface area (Å²) < 4.78 is 6.17. The molecule has 0 aliphatic rings. The van der Waals surface area contributed by atoms with Gasteiger partial charge in [-0.05, 0) is 59.7 Å². The second kappa shape index (κ2) is 8.57. The van der Waals surface area contributed by atoms with Crippen molar-refractivity contribution in [3.63, 3.8) is 0 Å². The predicted molar refractivity (Wildman–Crippen MR) is 113 cm³/mol. The van der Waals surface area contributed by atoms with Gasteiger partial charge in [-0.15, -0.1) is 0 Å². The second-order valence-electron chi connectivity index (χ2n) is 5.90. The number of methoxy groups -OCH3 is 1. The molecule has 1 amide bonds. The number of hydrogen-bond acceptors (Lipinski definition) is 2. The second-order valence-corrected chi connectivity index (χ2v) is 6.82. The molecule has 0 bridgehead atoms. The van der Waals surface area contributed by atoms with Crippen LogP contribution in [-0.2, 0) is 4.79 Å². The molecule has 0 heterocycles. The van der Waals surface area contributed by atoms with Crippen LogP contribution in [0.3, 0.4) is 0 Å². The van der Waals surface area contributed by atoms with E-state index in [-0.39, 0.29) is 5.91 Å². The van der Waals surface area contributed by atoms with E-state index in [1.54, 1.807) is 14.2 Å². The molecule has 3 aromatic rings. The molecule has 134 valence electrons. The zero-order valence-electron chi connectivity index (χ0n) is 15.1. The van der Waals surface area contributed by atoms with E-state index in [9.17, 15) is 4.79 Å². The fraction of sp³-hybridized carbons (Fsp3) is 0.0870. The smallest absolute Gasteiger partial charge is 0.302 e. The van der Waals surface area contributed by atoms with Crippen molar-refractivity contribution in [2.24, 2.45) is 0 Å². The average Bonchev–Trinajstić information content (AvgIpc) is 2.72. The summed E-state index contributed by atoms with van der Waals surface area (Å²) in [7, 11) is 3.31. The van der Waals surface area contributed by atoms with E-state index in [1.165, 1.54) is 4.90 Å². The summed E-state index contributed by atoms with van der Waals surface area (Å²) in [5.41, 5.74) is 3.72. The number of halogens is 1. The van der Waals surface area contributed by atoms with Crippen LogP contribution in [0.4, 0.5) is 5.69 Å². The van der Waals surface area contributed by atoms with E-state index < -0.39 is 0 Å². The van der Waals surface area contributed by atoms with Crippen LogP contribution in [0.2, 0.25) is 0 Å². The van der Waals surface area contributed by atoms with Crippen LogP contribution in [0.15, 0.2) is 77.3 Å². The third-order valence-corrected chi connectivity index (χ3v) is 4.65. The predicted octanol–water partition coefficient (Wildman–Crippen LogP) is 5.14. The molecule has 0 aliphatic heterocycles. The SMILES string of the molecule is COc1ccc(N(C)C(=O)C#Cc2cccc(-c3ccc(Br)cc3)c2)cc1. The van der Waals surface area contributed by atoms with Gasteiger partial charge in [0.1, 0.15) is 5.75 Å². The third kappa shape index (κ3) is 4.78. The molecule has 0 saturated heterocycles. The van der Waals surface area contributed by atoms with Gasteiger partial charge in [-0.1, -0.05) is 46.1 Å². The Bertz CT molecular complexity index is 999. The summed E-state index contributed by atoms with van der Waals surface area (Å²) in [6.45, 7) is 0. The first kappa shape index (κ1) is 18.8. The van der Waals surface area contributed by atoms with Gasteiger partial charge < -0.3 is 9.64 Å². The number of ether oxygens (including phenoxy) is 1. The molecule has 3 aromatic carbocycles. The summed E-state index contributed by atoms with van der Waals surface area (Å²) >= 11 is 3.44. The highest BCUT2D eigenvalue weighted by Gasteiger charge is 2.08. The Balaban J connectivity index is 1.77. The number of carbonyl (C=O) groups excluding carboxylic acids is 1. The Labute approximate surface area is 167 Å². The molecular weight excluding hydrogens is 402 g/mol. The lowest BCUT2D eigenvalue weighted by atomic mass is 10.0. The van der Waals surface area contributed by atoms with Gasteiger partial charge in [0.05, 0.1) is 7.11 Å². The maximum Gasteiger partial charge on any atom is 0.302 e. The molecular formula is C23H18BrNO2. The van der Waals surface area contributed by atoms with Gasteiger partial charge >= 0.3 is 5.91 Å². The number of carbonyl (C=O) groups is 1. The monoisotopic (exact) mass is 419 g/mol. The highest BCUT2D eigenvalue weighted by atomic mass is 79.9. The fourth-order valence-corrected chi connectivity index (χ4v) is 2.82. The minimum Gasteiger partial charge on any atom is -0.497 e. The molecule has 3 nitrogen and oxygen atoms in total. The van der Waals surface area contributed by atoms with Crippen molar-refractivity contribution in [2.75, 3.05) is 19.1 Å². The largest absolute Gasteiger partial charge is 0.497 e. The third-order valence-electron chi connectivity index (χ3n) is 4.12. The number of rotatable bonds is 3. The van der Waals surface area contributed by atoms with Gasteiger partial charge in [0.15, 0.2) is 0 Å². The topological polar surface area (TPSA) is 29.5 Å². The molecule has 0 atom stereocenters. The maximum absolute atomic E-state index is 12.4. The molecule has 0 radical (unpaired) electrons. The van der Waals surface area contributed by atoms with E-state index in [2.05, 4.69) is 27.8 Å². The summed E-state index contributed by atoms with van der Waals surface area (Å²) in [6, 6.07) is 23.2. The van der Waals surface area contributed by atoms with E-state index in [1.807, 2.05) is 72.8 Å². The molecule has 0 spiro atoms. The van der Waals surface area contributed by atoms with Gasteiger partial charge in [0.2, 0.25) is 0 Å². The van der Waals surface area contributed by atoms with E-state index >= 15 is 0 Å². The van der Waals surface area contributed by atoms with Crippen molar-refractivity contribution in [3.8, 4) is 28.7 Å². The van der Waals surface area contributed by atoms with Crippen LogP contribution in [0.5, 0.6) is 5.75 Å². The Morgan fingerprint density at radius 2 is 1.67 bits per heavy atom. The minimum atomic E-state index is -0.269. The Morgan fingerprint density at radius 3 is 2.33 bits per heavy atom. The Hall–Kier alpha value is -3.03. The zero-order valence-corrected chi connectivity index (χ0v) is 16.7. The number of amides is 1. The molecule has 0 saturated carbocycles. The molecule has 0 aromatic heterocycles. The van der Waals surface area contributed by atoms with Crippen LogP contribution < -0.4 is 9.64 Å². The molecule has 0 unspecified atom stereocenters. The van der Waals surface area contributed by atoms with Crippen LogP contribution >= 0.6 is 15.9 Å². The van der Waals surface area contributed by atoms with Crippen LogP contribution in [0, 0.1) is 11.8 Å². The Morgan fingerprint density at radius 1 is 0.963 bits per heavy atom. The quantitative estimate of drug-likeness (QED) is 0.550. The van der Waals surface area contributed by atoms with Gasteiger partial charge in [-0.25, -0.2) is 0 Å². The normalized spacial score (nSPS) is 9.89. The fourth-order valence-electron chi connectivity index (χ4n) is 2.55. The molecule has 0 fully saturated rings. The van der Waals surface area contributed by atoms with E-state index in [0.29, 0.717) is 0 Å². The lowest BCUT2D eigenvalue weighted by molar-refractivity contribution is -0.113. The van der Waals surface area contributed by atoms with Crippen molar-refractivity contribution in [3.05, 3.63) is 82.8 Å². The standard InChI is InChI=1S/C23H18BrNO2/c1-25(21-11-13-22(27-2)14-12-21)23(26)15-6-17-4-3-5-19(16-17)18-7-9-20(24)10-8-18/h3-5,7-14,16H,1-2H3. The molecule has 3 rings (SSSR count). The maximum atomic E-state index is 12.4. The van der Waals surface area contributed by atoms with Crippen molar-refractivity contribution in [1.29, 1.82) is 0 Å². The van der Waals surface area contributed by atoms with Gasteiger partial charge in [-0.3, -0.25) is 4.79 Å². The summed E-state index contributed by atoms with van der Waals surface area (Å²) in [5.74, 6) is 6.15. The number of nitrogens with zero attached hydrogens (tertiary/aromatic N) is 1. The molecule has 0 aliphatic carbocycles. The highest BCUT2D eigenvalue weighted by Crippen LogP contribution is 2.22. The summed E-state index contributed by atoms with van der Waals surface area (Å²) in [5, 5.41) is 0. The van der Waals surface area contributed by atoms with Crippen molar-refractivity contribution in [2.45, 2.75) is 0 Å². The lowest BCUT2D eigenvalue weighted by Gasteiger charge is -2.14. The molecule has 0 N–H and O–H groups in total. The van der Waals surface area contributed by atoms with Crippen molar-refractivity contribution < 1.29 is 9.53 Å². The Kier molecular flexibility index (Phi) is 5.95. The first-order chi connectivity index (χ1) is 13.1. The van der Waals surface area contributed by atoms with Gasteiger partial charge in [0, 0.05) is 28.7 Å². The first-order valence-corrected chi connectivity index (χ1v) is 9.16. The molecule has 4 heteroatoms. The highest BCUT2D eigenvalue weighted by molar-refractivity contribution is 9.10. The summed E-state index contributed by atoms with van der Waals surface area (Å²) in [6.07, 6.45) is 0. The first-order valence-electron chi connectivity index (χ1n) is 8.36. The van der Waals surface area contributed by atoms with Crippen molar-refractivity contribution in [1.82, 2.24) is 0 Å². The number of benzene rings is 3.